The van der Waals surface area contributed by atoms with Crippen molar-refractivity contribution in [3.8, 4) is 0 Å². The van der Waals surface area contributed by atoms with Crippen molar-refractivity contribution < 1.29 is 0 Å². The molecule has 0 saturated carbocycles. The van der Waals surface area contributed by atoms with Crippen molar-refractivity contribution in [1.82, 2.24) is 8.80 Å². The number of nitrogens with zero attached hydrogens (tertiary/aromatic N) is 2. The van der Waals surface area contributed by atoms with E-state index >= 15 is 0 Å². The van der Waals surface area contributed by atoms with Gasteiger partial charge in [0.2, 0.25) is 0 Å². The van der Waals surface area contributed by atoms with E-state index in [0.29, 0.717) is 0 Å². The number of fused-ring (bicyclic) bond motifs is 14. The molecule has 9 rings (SSSR count). The van der Waals surface area contributed by atoms with Gasteiger partial charge in [-0.25, -0.2) is 0 Å². The zero-order valence-electron chi connectivity index (χ0n) is 16.5. The van der Waals surface area contributed by atoms with Crippen molar-refractivity contribution in [2.24, 2.45) is 0 Å². The lowest BCUT2D eigenvalue weighted by Gasteiger charge is -2.03. The van der Waals surface area contributed by atoms with E-state index in [-0.39, 0.29) is 0 Å². The van der Waals surface area contributed by atoms with E-state index in [1.54, 1.807) is 0 Å². The number of allylic oxidation sites excluding steroid dienone is 2. The van der Waals surface area contributed by atoms with Crippen molar-refractivity contribution in [3.05, 3.63) is 90.2 Å². The van der Waals surface area contributed by atoms with Gasteiger partial charge in [0.25, 0.3) is 0 Å². The van der Waals surface area contributed by atoms with Crippen molar-refractivity contribution in [1.29, 1.82) is 0 Å². The van der Waals surface area contributed by atoms with Gasteiger partial charge in [-0.05, 0) is 47.9 Å². The Morgan fingerprint density at radius 2 is 0.969 bits per heavy atom. The van der Waals surface area contributed by atoms with Gasteiger partial charge in [0, 0.05) is 55.3 Å². The molecule has 0 amide bonds. The first-order valence-corrected chi connectivity index (χ1v) is 10.5. The Hall–Kier alpha value is -5.02. The van der Waals surface area contributed by atoms with E-state index < -0.39 is 0 Å². The molecule has 1 aromatic carbocycles. The molecule has 0 fully saturated rings. The molecular weight excluding hydrogens is 388 g/mol. The summed E-state index contributed by atoms with van der Waals surface area (Å²) in [5, 5.41) is 9.43. The molecule has 0 spiro atoms. The molecule has 32 heavy (non-hydrogen) atoms. The monoisotopic (exact) mass is 396 g/mol. The zero-order chi connectivity index (χ0) is 20.6. The summed E-state index contributed by atoms with van der Waals surface area (Å²) < 4.78 is 4.65. The average molecular weight is 396 g/mol. The smallest absolute Gasteiger partial charge is 0.105 e. The minimum absolute atomic E-state index is 1.04. The largest absolute Gasteiger partial charge is 0.300 e. The van der Waals surface area contributed by atoms with E-state index in [0.717, 1.165) is 22.1 Å². The number of hydrogen-bond donors (Lipinski definition) is 0. The molecule has 0 aliphatic heterocycles. The molecular formula is C30H8N2. The SMILES string of the molecule is C1=C=c2c(c3c4c5c(n6c7c(c(c8c9c(n2c83)C=C=C=C9)c46)=CC=C=C=7)C=C=C=C5)=CC=1. The fraction of sp³-hybridized carbons (Fsp3) is 0. The fourth-order valence-electron chi connectivity index (χ4n) is 5.97. The summed E-state index contributed by atoms with van der Waals surface area (Å²) in [4.78, 5) is 0. The van der Waals surface area contributed by atoms with Crippen molar-refractivity contribution in [2.75, 3.05) is 0 Å². The maximum atomic E-state index is 3.39. The van der Waals surface area contributed by atoms with Gasteiger partial charge in [-0.2, -0.15) is 0 Å². The fourth-order valence-corrected chi connectivity index (χ4v) is 5.97. The maximum Gasteiger partial charge on any atom is 0.105 e. The Kier molecular flexibility index (Phi) is 2.17. The molecule has 4 aliphatic rings. The summed E-state index contributed by atoms with van der Waals surface area (Å²) >= 11 is 0. The second-order valence-corrected chi connectivity index (χ2v) is 8.35. The van der Waals surface area contributed by atoms with Crippen LogP contribution in [0.3, 0.4) is 0 Å². The molecule has 2 heteroatoms. The highest BCUT2D eigenvalue weighted by molar-refractivity contribution is 6.30. The summed E-state index contributed by atoms with van der Waals surface area (Å²) in [6.07, 6.45) is 16.4. The summed E-state index contributed by atoms with van der Waals surface area (Å²) in [5.74, 6) is 0. The molecule has 0 saturated heterocycles. The van der Waals surface area contributed by atoms with E-state index in [4.69, 9.17) is 0 Å². The zero-order valence-corrected chi connectivity index (χ0v) is 16.5. The van der Waals surface area contributed by atoms with Crippen molar-refractivity contribution >= 4 is 80.5 Å². The Balaban J connectivity index is 1.84. The first-order valence-electron chi connectivity index (χ1n) is 10.5. The molecule has 2 nitrogen and oxygen atoms in total. The van der Waals surface area contributed by atoms with Crippen LogP contribution >= 0.6 is 0 Å². The second-order valence-electron chi connectivity index (χ2n) is 8.35. The van der Waals surface area contributed by atoms with Crippen LogP contribution in [0.5, 0.6) is 0 Å². The molecule has 0 unspecified atom stereocenters. The summed E-state index contributed by atoms with van der Waals surface area (Å²) in [6.45, 7) is 0. The first kappa shape index (κ1) is 14.9. The molecule has 4 aromatic heterocycles. The van der Waals surface area contributed by atoms with Gasteiger partial charge in [0.1, 0.15) is 10.7 Å². The third-order valence-corrected chi connectivity index (χ3v) is 7.03. The molecule has 0 radical (unpaired) electrons. The lowest BCUT2D eigenvalue weighted by Crippen LogP contribution is -2.26. The minimum Gasteiger partial charge on any atom is -0.300 e. The third kappa shape index (κ3) is 1.35. The van der Waals surface area contributed by atoms with E-state index in [1.165, 1.54) is 54.1 Å². The van der Waals surface area contributed by atoms with Crippen LogP contribution in [0, 0.1) is 0 Å². The summed E-state index contributed by atoms with van der Waals surface area (Å²) in [7, 11) is 0. The topological polar surface area (TPSA) is 8.82 Å². The predicted octanol–water partition coefficient (Wildman–Crippen LogP) is 2.73. The van der Waals surface area contributed by atoms with Gasteiger partial charge >= 0.3 is 0 Å². The normalized spacial score (nSPS) is 15.0. The lowest BCUT2D eigenvalue weighted by molar-refractivity contribution is 1.14. The molecule has 0 bridgehead atoms. The molecule has 5 aromatic rings. The standard InChI is InChI=1S/C30H8N2/c1-5-13-21-17(9-1)25-26-18-10-2-7-15-23(18)32-24-16-8-4-12-20(24)28(30(26)32)27-19-11-3-6-14-22(19)31(21)29(25)27/h1,4,9-12,14-15H. The van der Waals surface area contributed by atoms with Crippen LogP contribution in [0.25, 0.3) is 80.5 Å². The van der Waals surface area contributed by atoms with Crippen molar-refractivity contribution in [2.45, 2.75) is 0 Å². The number of hydrogen-bond acceptors (Lipinski definition) is 0. The molecule has 138 valence electrons. The number of benzene rings is 1. The lowest BCUT2D eigenvalue weighted by atomic mass is 9.96. The molecule has 0 N–H and O–H groups in total. The van der Waals surface area contributed by atoms with Gasteiger partial charge < -0.3 is 8.80 Å². The van der Waals surface area contributed by atoms with Crippen LogP contribution < -0.4 is 21.1 Å². The highest BCUT2D eigenvalue weighted by atomic mass is 14.9. The van der Waals surface area contributed by atoms with Gasteiger partial charge in [0.15, 0.2) is 0 Å². The highest BCUT2D eigenvalue weighted by Crippen LogP contribution is 2.42. The van der Waals surface area contributed by atoms with E-state index in [9.17, 15) is 0 Å². The Morgan fingerprint density at radius 1 is 0.500 bits per heavy atom. The van der Waals surface area contributed by atoms with E-state index in [2.05, 4.69) is 79.0 Å². The van der Waals surface area contributed by atoms with Crippen LogP contribution in [0.15, 0.2) is 46.5 Å². The van der Waals surface area contributed by atoms with Crippen LogP contribution in [-0.2, 0) is 0 Å². The van der Waals surface area contributed by atoms with Gasteiger partial charge in [-0.15, -0.1) is 0 Å². The van der Waals surface area contributed by atoms with Gasteiger partial charge in [0.05, 0.1) is 22.4 Å². The minimum atomic E-state index is 1.04. The first-order chi connectivity index (χ1) is 15.9. The number of aromatic nitrogens is 2. The predicted molar refractivity (Wildman–Crippen MR) is 128 cm³/mol. The second kappa shape index (κ2) is 4.66. The third-order valence-electron chi connectivity index (χ3n) is 7.03. The van der Waals surface area contributed by atoms with Gasteiger partial charge in [-0.1, -0.05) is 34.4 Å². The highest BCUT2D eigenvalue weighted by Gasteiger charge is 2.29. The molecule has 0 atom stereocenters. The Morgan fingerprint density at radius 3 is 1.47 bits per heavy atom. The van der Waals surface area contributed by atoms with Crippen LogP contribution in [0.1, 0.15) is 22.5 Å². The Labute approximate surface area is 179 Å². The Bertz CT molecular complexity index is 2290. The van der Waals surface area contributed by atoms with Gasteiger partial charge in [-0.3, -0.25) is 0 Å². The van der Waals surface area contributed by atoms with Crippen LogP contribution in [0.4, 0.5) is 0 Å². The summed E-state index contributed by atoms with van der Waals surface area (Å²) in [5.41, 5.74) is 32.9. The maximum absolute atomic E-state index is 3.39. The average Bonchev–Trinajstić information content (AvgIpc) is 3.56. The van der Waals surface area contributed by atoms with E-state index in [1.807, 2.05) is 24.3 Å². The molecule has 4 heterocycles. The van der Waals surface area contributed by atoms with Crippen molar-refractivity contribution in [3.63, 3.8) is 0 Å². The quantitative estimate of drug-likeness (QED) is 0.349. The molecule has 4 aliphatic carbocycles. The number of rotatable bonds is 0. The van der Waals surface area contributed by atoms with Crippen LogP contribution in [0.2, 0.25) is 0 Å². The van der Waals surface area contributed by atoms with Crippen LogP contribution in [-0.4, -0.2) is 8.80 Å². The summed E-state index contributed by atoms with van der Waals surface area (Å²) in [6, 6.07) is 0.